The Labute approximate surface area is 89.3 Å². The summed E-state index contributed by atoms with van der Waals surface area (Å²) in [6, 6.07) is 0. The molecule has 2 amide bonds. The molecule has 1 heterocycles. The number of imide groups is 1. The van der Waals surface area contributed by atoms with Gasteiger partial charge in [-0.3, -0.25) is 14.5 Å². The third-order valence-electron chi connectivity index (χ3n) is 2.36. The number of ether oxygens (including phenoxy) is 2. The third kappa shape index (κ3) is 3.28. The lowest BCUT2D eigenvalue weighted by atomic mass is 10.1. The van der Waals surface area contributed by atoms with Crippen LogP contribution in [0.1, 0.15) is 13.3 Å². The largest absolute Gasteiger partial charge is 0.382 e. The number of rotatable bonds is 6. The fraction of sp³-hybridized carbons (Fsp3) is 0.800. The smallest absolute Gasteiger partial charge is 0.232 e. The maximum atomic E-state index is 11.5. The summed E-state index contributed by atoms with van der Waals surface area (Å²) in [5, 5.41) is 0. The zero-order chi connectivity index (χ0) is 11.3. The van der Waals surface area contributed by atoms with Crippen molar-refractivity contribution in [1.29, 1.82) is 0 Å². The molecule has 5 nitrogen and oxygen atoms in total. The normalized spacial score (nSPS) is 21.5. The molecule has 0 aromatic heterocycles. The molecule has 5 heteroatoms. The summed E-state index contributed by atoms with van der Waals surface area (Å²) in [5.74, 6) is -0.352. The molecule has 86 valence electrons. The fourth-order valence-corrected chi connectivity index (χ4v) is 1.48. The van der Waals surface area contributed by atoms with Crippen LogP contribution in [0.2, 0.25) is 0 Å². The van der Waals surface area contributed by atoms with Crippen LogP contribution in [-0.2, 0) is 19.1 Å². The number of carbonyl (C=O) groups excluding carboxylic acids is 2. The van der Waals surface area contributed by atoms with E-state index in [-0.39, 0.29) is 17.7 Å². The Morgan fingerprint density at radius 2 is 2.07 bits per heavy atom. The van der Waals surface area contributed by atoms with E-state index in [0.29, 0.717) is 32.8 Å². The highest BCUT2D eigenvalue weighted by atomic mass is 16.5. The van der Waals surface area contributed by atoms with E-state index in [2.05, 4.69) is 0 Å². The molecule has 0 aliphatic carbocycles. The third-order valence-corrected chi connectivity index (χ3v) is 2.36. The second kappa shape index (κ2) is 5.82. The number of hydrogen-bond donors (Lipinski definition) is 0. The maximum Gasteiger partial charge on any atom is 0.232 e. The lowest BCUT2D eigenvalue weighted by Gasteiger charge is -2.13. The van der Waals surface area contributed by atoms with Crippen LogP contribution < -0.4 is 0 Å². The molecule has 1 aliphatic heterocycles. The summed E-state index contributed by atoms with van der Waals surface area (Å²) >= 11 is 0. The van der Waals surface area contributed by atoms with Crippen molar-refractivity contribution in [3.05, 3.63) is 0 Å². The van der Waals surface area contributed by atoms with Gasteiger partial charge in [0.05, 0.1) is 26.4 Å². The number of methoxy groups -OCH3 is 1. The molecule has 1 rings (SSSR count). The van der Waals surface area contributed by atoms with Crippen LogP contribution in [0.15, 0.2) is 0 Å². The van der Waals surface area contributed by atoms with E-state index < -0.39 is 0 Å². The first-order valence-corrected chi connectivity index (χ1v) is 5.07. The van der Waals surface area contributed by atoms with Gasteiger partial charge in [0.15, 0.2) is 0 Å². The van der Waals surface area contributed by atoms with Gasteiger partial charge >= 0.3 is 0 Å². The van der Waals surface area contributed by atoms with Crippen LogP contribution in [0.5, 0.6) is 0 Å². The standard InChI is InChI=1S/C10H17NO4/c1-8-7-9(12)11(10(8)13)3-4-15-6-5-14-2/h8H,3-7H2,1-2H3. The molecule has 0 bridgehead atoms. The average Bonchev–Trinajstić information content (AvgIpc) is 2.44. The van der Waals surface area contributed by atoms with Gasteiger partial charge < -0.3 is 9.47 Å². The van der Waals surface area contributed by atoms with Crippen molar-refractivity contribution in [2.75, 3.05) is 33.5 Å². The van der Waals surface area contributed by atoms with Crippen molar-refractivity contribution >= 4 is 11.8 Å². The van der Waals surface area contributed by atoms with E-state index in [9.17, 15) is 9.59 Å². The maximum absolute atomic E-state index is 11.5. The highest BCUT2D eigenvalue weighted by Gasteiger charge is 2.34. The molecular weight excluding hydrogens is 198 g/mol. The molecule has 1 unspecified atom stereocenters. The predicted octanol–water partition coefficient (Wildman–Crippen LogP) is 0.0444. The first-order valence-electron chi connectivity index (χ1n) is 5.07. The molecule has 0 radical (unpaired) electrons. The summed E-state index contributed by atoms with van der Waals surface area (Å²) in [5.41, 5.74) is 0. The van der Waals surface area contributed by atoms with Gasteiger partial charge in [-0.15, -0.1) is 0 Å². The van der Waals surface area contributed by atoms with Crippen molar-refractivity contribution in [2.24, 2.45) is 5.92 Å². The molecule has 1 atom stereocenters. The molecule has 0 aromatic rings. The summed E-state index contributed by atoms with van der Waals surface area (Å²) in [4.78, 5) is 24.1. The van der Waals surface area contributed by atoms with Crippen molar-refractivity contribution < 1.29 is 19.1 Å². The van der Waals surface area contributed by atoms with Crippen LogP contribution in [0.25, 0.3) is 0 Å². The first-order chi connectivity index (χ1) is 7.16. The number of hydrogen-bond acceptors (Lipinski definition) is 4. The van der Waals surface area contributed by atoms with E-state index in [4.69, 9.17) is 9.47 Å². The minimum Gasteiger partial charge on any atom is -0.382 e. The molecule has 0 spiro atoms. The van der Waals surface area contributed by atoms with Gasteiger partial charge in [-0.2, -0.15) is 0 Å². The van der Waals surface area contributed by atoms with Crippen molar-refractivity contribution in [2.45, 2.75) is 13.3 Å². The molecule has 0 N–H and O–H groups in total. The Balaban J connectivity index is 2.21. The van der Waals surface area contributed by atoms with Gasteiger partial charge in [0, 0.05) is 19.4 Å². The molecule has 0 aromatic carbocycles. The van der Waals surface area contributed by atoms with Crippen LogP contribution in [0, 0.1) is 5.92 Å². The van der Waals surface area contributed by atoms with E-state index in [1.165, 1.54) is 4.90 Å². The fourth-order valence-electron chi connectivity index (χ4n) is 1.48. The Morgan fingerprint density at radius 3 is 2.60 bits per heavy atom. The van der Waals surface area contributed by atoms with Gasteiger partial charge in [-0.05, 0) is 0 Å². The number of likely N-dealkylation sites (tertiary alicyclic amines) is 1. The molecular formula is C10H17NO4. The zero-order valence-corrected chi connectivity index (χ0v) is 9.19. The SMILES string of the molecule is COCCOCCN1C(=O)CC(C)C1=O. The summed E-state index contributed by atoms with van der Waals surface area (Å²) in [7, 11) is 1.60. The lowest BCUT2D eigenvalue weighted by molar-refractivity contribution is -0.140. The van der Waals surface area contributed by atoms with Crippen molar-refractivity contribution in [1.82, 2.24) is 4.90 Å². The molecule has 15 heavy (non-hydrogen) atoms. The van der Waals surface area contributed by atoms with Crippen LogP contribution in [0.4, 0.5) is 0 Å². The van der Waals surface area contributed by atoms with Crippen molar-refractivity contribution in [3.8, 4) is 0 Å². The summed E-state index contributed by atoms with van der Waals surface area (Å²) in [6.07, 6.45) is 0.330. The van der Waals surface area contributed by atoms with E-state index in [0.717, 1.165) is 0 Å². The Bertz CT molecular complexity index is 242. The molecule has 0 saturated carbocycles. The first kappa shape index (κ1) is 12.1. The number of carbonyl (C=O) groups is 2. The highest BCUT2D eigenvalue weighted by molar-refractivity contribution is 6.03. The monoisotopic (exact) mass is 215 g/mol. The molecule has 1 fully saturated rings. The van der Waals surface area contributed by atoms with E-state index in [1.807, 2.05) is 0 Å². The minimum atomic E-state index is -0.170. The number of amides is 2. The van der Waals surface area contributed by atoms with Crippen LogP contribution >= 0.6 is 0 Å². The van der Waals surface area contributed by atoms with Gasteiger partial charge in [-0.1, -0.05) is 6.92 Å². The van der Waals surface area contributed by atoms with Gasteiger partial charge in [0.2, 0.25) is 11.8 Å². The highest BCUT2D eigenvalue weighted by Crippen LogP contribution is 2.17. The van der Waals surface area contributed by atoms with Gasteiger partial charge in [0.1, 0.15) is 0 Å². The molecule has 1 saturated heterocycles. The Morgan fingerprint density at radius 1 is 1.33 bits per heavy atom. The Hall–Kier alpha value is -0.940. The predicted molar refractivity (Wildman–Crippen MR) is 53.2 cm³/mol. The van der Waals surface area contributed by atoms with Crippen LogP contribution in [-0.4, -0.2) is 50.2 Å². The zero-order valence-electron chi connectivity index (χ0n) is 9.19. The number of nitrogens with zero attached hydrogens (tertiary/aromatic N) is 1. The van der Waals surface area contributed by atoms with Crippen molar-refractivity contribution in [3.63, 3.8) is 0 Å². The van der Waals surface area contributed by atoms with Gasteiger partial charge in [-0.25, -0.2) is 0 Å². The summed E-state index contributed by atoms with van der Waals surface area (Å²) in [6.45, 7) is 3.52. The molecule has 1 aliphatic rings. The lowest BCUT2D eigenvalue weighted by Crippen LogP contribution is -2.33. The Kier molecular flexibility index (Phi) is 4.71. The average molecular weight is 215 g/mol. The second-order valence-electron chi connectivity index (χ2n) is 3.59. The quantitative estimate of drug-likeness (QED) is 0.464. The van der Waals surface area contributed by atoms with Crippen LogP contribution in [0.3, 0.4) is 0 Å². The van der Waals surface area contributed by atoms with E-state index >= 15 is 0 Å². The minimum absolute atomic E-state index is 0.0876. The van der Waals surface area contributed by atoms with Gasteiger partial charge in [0.25, 0.3) is 0 Å². The second-order valence-corrected chi connectivity index (χ2v) is 3.59. The topological polar surface area (TPSA) is 55.8 Å². The summed E-state index contributed by atoms with van der Waals surface area (Å²) < 4.78 is 10.00. The van der Waals surface area contributed by atoms with E-state index in [1.54, 1.807) is 14.0 Å².